The van der Waals surface area contributed by atoms with Crippen molar-refractivity contribution in [3.63, 3.8) is 0 Å². The minimum atomic E-state index is -0.439. The Hall–Kier alpha value is -2.67. The maximum Gasteiger partial charge on any atom is 0.276 e. The summed E-state index contributed by atoms with van der Waals surface area (Å²) in [6.07, 6.45) is 0. The molecule has 120 valence electrons. The lowest BCUT2D eigenvalue weighted by Crippen LogP contribution is -2.45. The van der Waals surface area contributed by atoms with E-state index in [-0.39, 0.29) is 17.4 Å². The van der Waals surface area contributed by atoms with Crippen molar-refractivity contribution in [2.75, 3.05) is 11.9 Å². The van der Waals surface area contributed by atoms with Gasteiger partial charge in [-0.05, 0) is 49.0 Å². The van der Waals surface area contributed by atoms with Gasteiger partial charge in [0.15, 0.2) is 11.7 Å². The summed E-state index contributed by atoms with van der Waals surface area (Å²) >= 11 is 4.96. The van der Waals surface area contributed by atoms with Crippen LogP contribution in [0.15, 0.2) is 48.5 Å². The van der Waals surface area contributed by atoms with Crippen LogP contribution in [0.1, 0.15) is 5.56 Å². The van der Waals surface area contributed by atoms with Gasteiger partial charge < -0.3 is 10.1 Å². The van der Waals surface area contributed by atoms with E-state index in [1.54, 1.807) is 18.2 Å². The summed E-state index contributed by atoms with van der Waals surface area (Å²) in [7, 11) is 0. The lowest BCUT2D eigenvalue weighted by molar-refractivity contribution is -0.123. The normalized spacial score (nSPS) is 9.83. The van der Waals surface area contributed by atoms with Crippen LogP contribution in [0.3, 0.4) is 0 Å². The highest BCUT2D eigenvalue weighted by Gasteiger charge is 2.05. The zero-order chi connectivity index (χ0) is 16.7. The second-order valence-electron chi connectivity index (χ2n) is 4.71. The van der Waals surface area contributed by atoms with E-state index in [2.05, 4.69) is 16.2 Å². The van der Waals surface area contributed by atoms with E-state index in [1.165, 1.54) is 12.1 Å². The quantitative estimate of drug-likeness (QED) is 0.593. The van der Waals surface area contributed by atoms with Crippen LogP contribution >= 0.6 is 12.2 Å². The standard InChI is InChI=1S/C16H16FN3O2S/c1-11-5-4-6-12(9-11)22-10-15(21)19-20-16(23)18-14-8-3-2-7-13(14)17/h2-9H,10H2,1H3,(H,19,21)(H2,18,20,23). The smallest absolute Gasteiger partial charge is 0.276 e. The van der Waals surface area contributed by atoms with Gasteiger partial charge in [0, 0.05) is 0 Å². The van der Waals surface area contributed by atoms with Crippen LogP contribution in [-0.2, 0) is 4.79 Å². The molecule has 0 aromatic heterocycles. The number of hydrazine groups is 1. The summed E-state index contributed by atoms with van der Waals surface area (Å²) in [5.41, 5.74) is 6.10. The minimum Gasteiger partial charge on any atom is -0.484 e. The summed E-state index contributed by atoms with van der Waals surface area (Å²) in [5, 5.41) is 2.71. The number of thiocarbonyl (C=S) groups is 1. The van der Waals surface area contributed by atoms with Gasteiger partial charge in [0.1, 0.15) is 11.6 Å². The van der Waals surface area contributed by atoms with Crippen molar-refractivity contribution in [2.45, 2.75) is 6.92 Å². The van der Waals surface area contributed by atoms with Crippen molar-refractivity contribution in [3.8, 4) is 5.75 Å². The summed E-state index contributed by atoms with van der Waals surface area (Å²) in [4.78, 5) is 11.7. The molecule has 0 aliphatic heterocycles. The molecule has 0 saturated heterocycles. The Labute approximate surface area is 138 Å². The van der Waals surface area contributed by atoms with Crippen molar-refractivity contribution in [1.82, 2.24) is 10.9 Å². The molecule has 0 aliphatic carbocycles. The molecule has 0 saturated carbocycles. The highest BCUT2D eigenvalue weighted by molar-refractivity contribution is 7.80. The van der Waals surface area contributed by atoms with E-state index in [4.69, 9.17) is 17.0 Å². The van der Waals surface area contributed by atoms with Gasteiger partial charge in [0.05, 0.1) is 5.69 Å². The van der Waals surface area contributed by atoms with E-state index in [0.29, 0.717) is 5.75 Å². The third-order valence-electron chi connectivity index (χ3n) is 2.80. The average molecular weight is 333 g/mol. The van der Waals surface area contributed by atoms with E-state index >= 15 is 0 Å². The van der Waals surface area contributed by atoms with Crippen LogP contribution in [0.25, 0.3) is 0 Å². The van der Waals surface area contributed by atoms with Gasteiger partial charge in [-0.3, -0.25) is 15.6 Å². The first kappa shape index (κ1) is 16.7. The average Bonchev–Trinajstić information content (AvgIpc) is 2.53. The predicted octanol–water partition coefficient (Wildman–Crippen LogP) is 2.53. The molecule has 23 heavy (non-hydrogen) atoms. The summed E-state index contributed by atoms with van der Waals surface area (Å²) in [6, 6.07) is 13.4. The number of carbonyl (C=O) groups is 1. The summed E-state index contributed by atoms with van der Waals surface area (Å²) < 4.78 is 18.8. The largest absolute Gasteiger partial charge is 0.484 e. The molecule has 2 aromatic rings. The van der Waals surface area contributed by atoms with Crippen molar-refractivity contribution in [1.29, 1.82) is 0 Å². The third-order valence-corrected chi connectivity index (χ3v) is 3.00. The molecule has 0 atom stereocenters. The topological polar surface area (TPSA) is 62.4 Å². The number of hydrogen-bond acceptors (Lipinski definition) is 3. The number of amides is 1. The summed E-state index contributed by atoms with van der Waals surface area (Å²) in [5.74, 6) is -0.248. The van der Waals surface area contributed by atoms with E-state index < -0.39 is 11.7 Å². The van der Waals surface area contributed by atoms with Crippen LogP contribution in [0.2, 0.25) is 0 Å². The first-order chi connectivity index (χ1) is 11.0. The minimum absolute atomic E-state index is 0.0685. The fourth-order valence-electron chi connectivity index (χ4n) is 1.73. The van der Waals surface area contributed by atoms with Gasteiger partial charge in [0.2, 0.25) is 0 Å². The van der Waals surface area contributed by atoms with Gasteiger partial charge in [-0.1, -0.05) is 24.3 Å². The molecule has 3 N–H and O–H groups in total. The SMILES string of the molecule is Cc1cccc(OCC(=O)NNC(=S)Nc2ccccc2F)c1. The van der Waals surface area contributed by atoms with Gasteiger partial charge in [-0.2, -0.15) is 0 Å². The van der Waals surface area contributed by atoms with Crippen LogP contribution in [0.4, 0.5) is 10.1 Å². The predicted molar refractivity (Wildman–Crippen MR) is 90.6 cm³/mol. The Bertz CT molecular complexity index is 709. The highest BCUT2D eigenvalue weighted by atomic mass is 32.1. The number of rotatable bonds is 4. The second-order valence-corrected chi connectivity index (χ2v) is 5.12. The molecule has 0 bridgehead atoms. The van der Waals surface area contributed by atoms with Crippen molar-refractivity contribution in [3.05, 3.63) is 59.9 Å². The Kier molecular flexibility index (Phi) is 5.87. The molecule has 2 aromatic carbocycles. The number of hydrogen-bond donors (Lipinski definition) is 3. The van der Waals surface area contributed by atoms with Crippen molar-refractivity contribution >= 4 is 28.9 Å². The molecule has 0 heterocycles. The molecule has 1 amide bonds. The third kappa shape index (κ3) is 5.55. The zero-order valence-corrected chi connectivity index (χ0v) is 13.2. The lowest BCUT2D eigenvalue weighted by atomic mass is 10.2. The monoisotopic (exact) mass is 333 g/mol. The van der Waals surface area contributed by atoms with E-state index in [1.807, 2.05) is 25.1 Å². The van der Waals surface area contributed by atoms with Crippen molar-refractivity contribution in [2.24, 2.45) is 0 Å². The van der Waals surface area contributed by atoms with Crippen LogP contribution in [0.5, 0.6) is 5.75 Å². The molecule has 0 unspecified atom stereocenters. The molecule has 0 spiro atoms. The number of anilines is 1. The molecule has 0 aliphatic rings. The van der Waals surface area contributed by atoms with Gasteiger partial charge in [-0.25, -0.2) is 4.39 Å². The Morgan fingerprint density at radius 1 is 1.17 bits per heavy atom. The molecular formula is C16H16FN3O2S. The Morgan fingerprint density at radius 2 is 1.96 bits per heavy atom. The first-order valence-electron chi connectivity index (χ1n) is 6.84. The molecule has 5 nitrogen and oxygen atoms in total. The maximum absolute atomic E-state index is 13.4. The van der Waals surface area contributed by atoms with Crippen molar-refractivity contribution < 1.29 is 13.9 Å². The number of carbonyl (C=O) groups excluding carboxylic acids is 1. The lowest BCUT2D eigenvalue weighted by Gasteiger charge is -2.12. The van der Waals surface area contributed by atoms with Gasteiger partial charge in [-0.15, -0.1) is 0 Å². The molecule has 2 rings (SSSR count). The Morgan fingerprint density at radius 3 is 2.70 bits per heavy atom. The molecule has 0 fully saturated rings. The molecule has 0 radical (unpaired) electrons. The fraction of sp³-hybridized carbons (Fsp3) is 0.125. The Balaban J connectivity index is 1.74. The van der Waals surface area contributed by atoms with Crippen LogP contribution in [0, 0.1) is 12.7 Å². The zero-order valence-electron chi connectivity index (χ0n) is 12.4. The second kappa shape index (κ2) is 8.09. The number of ether oxygens (including phenoxy) is 1. The van der Waals surface area contributed by atoms with Gasteiger partial charge in [0.25, 0.3) is 5.91 Å². The van der Waals surface area contributed by atoms with Crippen LogP contribution < -0.4 is 20.9 Å². The fourth-order valence-corrected chi connectivity index (χ4v) is 1.89. The molecule has 7 heteroatoms. The number of para-hydroxylation sites is 1. The number of benzene rings is 2. The number of nitrogens with one attached hydrogen (secondary N) is 3. The highest BCUT2D eigenvalue weighted by Crippen LogP contribution is 2.12. The van der Waals surface area contributed by atoms with E-state index in [9.17, 15) is 9.18 Å². The van der Waals surface area contributed by atoms with Crippen LogP contribution in [-0.4, -0.2) is 17.6 Å². The maximum atomic E-state index is 13.4. The first-order valence-corrected chi connectivity index (χ1v) is 7.25. The molecular weight excluding hydrogens is 317 g/mol. The van der Waals surface area contributed by atoms with E-state index in [0.717, 1.165) is 5.56 Å². The van der Waals surface area contributed by atoms with Gasteiger partial charge >= 0.3 is 0 Å². The number of aryl methyl sites for hydroxylation is 1. The number of halogens is 1. The summed E-state index contributed by atoms with van der Waals surface area (Å²) in [6.45, 7) is 1.76.